The van der Waals surface area contributed by atoms with Gasteiger partial charge in [-0.15, -0.1) is 10.2 Å². The second-order valence-electron chi connectivity index (χ2n) is 3.97. The van der Waals surface area contributed by atoms with E-state index in [4.69, 9.17) is 27.6 Å². The maximum absolute atomic E-state index is 11.8. The second-order valence-corrected chi connectivity index (χ2v) is 6.68. The highest BCUT2D eigenvalue weighted by Crippen LogP contribution is 2.36. The summed E-state index contributed by atoms with van der Waals surface area (Å²) in [4.78, 5) is 11.2. The molecule has 0 bridgehead atoms. The van der Waals surface area contributed by atoms with Crippen LogP contribution in [0.4, 0.5) is 0 Å². The number of halogens is 2. The average molecular weight is 335 g/mol. The number of hydrogen-bond donors (Lipinski definition) is 0. The molecule has 0 aliphatic carbocycles. The van der Waals surface area contributed by atoms with Gasteiger partial charge >= 0.3 is 0 Å². The van der Waals surface area contributed by atoms with Gasteiger partial charge in [0.1, 0.15) is 0 Å². The smallest absolute Gasteiger partial charge is 0.253 e. The molecule has 0 atom stereocenters. The molecular weight excluding hydrogens is 327 g/mol. The summed E-state index contributed by atoms with van der Waals surface area (Å²) in [5.41, 5.74) is -0.0622. The van der Waals surface area contributed by atoms with Gasteiger partial charge in [0, 0.05) is 13.2 Å². The minimum atomic E-state index is -3.60. The number of benzene rings is 1. The van der Waals surface area contributed by atoms with Crippen LogP contribution in [0, 0.1) is 6.92 Å². The van der Waals surface area contributed by atoms with E-state index in [9.17, 15) is 13.2 Å². The number of hydrogen-bond acceptors (Lipinski definition) is 6. The van der Waals surface area contributed by atoms with E-state index in [1.54, 1.807) is 6.92 Å². The topological polar surface area (TPSA) is 90.1 Å². The zero-order valence-electron chi connectivity index (χ0n) is 10.3. The molecule has 0 aliphatic heterocycles. The maximum Gasteiger partial charge on any atom is 0.253 e. The number of rotatable bonds is 3. The van der Waals surface area contributed by atoms with Crippen molar-refractivity contribution in [2.45, 2.75) is 11.8 Å². The normalized spacial score (nSPS) is 11.6. The molecule has 1 aromatic heterocycles. The largest absolute Gasteiger partial charge is 0.421 e. The highest BCUT2D eigenvalue weighted by Gasteiger charge is 2.25. The van der Waals surface area contributed by atoms with Gasteiger partial charge in [0.2, 0.25) is 5.89 Å². The van der Waals surface area contributed by atoms with Crippen LogP contribution in [0.15, 0.2) is 21.4 Å². The zero-order valence-corrected chi connectivity index (χ0v) is 12.7. The van der Waals surface area contributed by atoms with Gasteiger partial charge in [0.15, 0.2) is 9.84 Å². The molecule has 0 saturated heterocycles. The molecular formula is C11H8Cl2N2O4S. The Hall–Kier alpha value is -1.44. The predicted molar refractivity (Wildman–Crippen MR) is 72.8 cm³/mol. The molecule has 20 heavy (non-hydrogen) atoms. The number of aromatic nitrogens is 2. The standard InChI is InChI=1S/C11H8Cl2N2O4S/c1-5-14-15-11(19-5)8-7(20(2,17)18)4-3-6(9(8)12)10(13)16/h3-4H,1-2H3. The van der Waals surface area contributed by atoms with Crippen LogP contribution < -0.4 is 0 Å². The monoisotopic (exact) mass is 334 g/mol. The molecule has 0 saturated carbocycles. The predicted octanol–water partition coefficient (Wildman–Crippen LogP) is 2.48. The second kappa shape index (κ2) is 5.16. The summed E-state index contributed by atoms with van der Waals surface area (Å²) in [6.45, 7) is 1.54. The van der Waals surface area contributed by atoms with Crippen molar-refractivity contribution in [1.29, 1.82) is 0 Å². The van der Waals surface area contributed by atoms with E-state index in [-0.39, 0.29) is 32.8 Å². The van der Waals surface area contributed by atoms with Gasteiger partial charge in [0.25, 0.3) is 11.1 Å². The van der Waals surface area contributed by atoms with Gasteiger partial charge in [0.05, 0.1) is 21.0 Å². The van der Waals surface area contributed by atoms with Gasteiger partial charge in [-0.2, -0.15) is 0 Å². The van der Waals surface area contributed by atoms with Crippen LogP contribution in [0.3, 0.4) is 0 Å². The average Bonchev–Trinajstić information content (AvgIpc) is 2.73. The summed E-state index contributed by atoms with van der Waals surface area (Å²) in [5, 5.41) is 6.39. The summed E-state index contributed by atoms with van der Waals surface area (Å²) < 4.78 is 28.8. The minimum absolute atomic E-state index is 0.0266. The van der Waals surface area contributed by atoms with Crippen LogP contribution in [0.5, 0.6) is 0 Å². The van der Waals surface area contributed by atoms with Crippen molar-refractivity contribution in [3.05, 3.63) is 28.6 Å². The first-order valence-electron chi connectivity index (χ1n) is 5.24. The Morgan fingerprint density at radius 2 is 1.95 bits per heavy atom. The van der Waals surface area contributed by atoms with E-state index in [2.05, 4.69) is 10.2 Å². The highest BCUT2D eigenvalue weighted by molar-refractivity contribution is 7.90. The summed E-state index contributed by atoms with van der Waals surface area (Å²) in [6.07, 6.45) is 1.01. The lowest BCUT2D eigenvalue weighted by molar-refractivity contribution is 0.108. The third kappa shape index (κ3) is 2.70. The Balaban J connectivity index is 2.86. The highest BCUT2D eigenvalue weighted by atomic mass is 35.5. The number of sulfone groups is 1. The van der Waals surface area contributed by atoms with Crippen molar-refractivity contribution in [2.75, 3.05) is 6.26 Å². The van der Waals surface area contributed by atoms with Crippen LogP contribution in [-0.4, -0.2) is 30.1 Å². The molecule has 0 spiro atoms. The molecule has 0 N–H and O–H groups in total. The molecule has 0 fully saturated rings. The fourth-order valence-corrected chi connectivity index (χ4v) is 3.08. The van der Waals surface area contributed by atoms with Crippen LogP contribution in [-0.2, 0) is 9.84 Å². The fraction of sp³-hybridized carbons (Fsp3) is 0.182. The van der Waals surface area contributed by atoms with E-state index in [0.717, 1.165) is 6.26 Å². The van der Waals surface area contributed by atoms with Crippen molar-refractivity contribution in [2.24, 2.45) is 0 Å². The van der Waals surface area contributed by atoms with Crippen LogP contribution in [0.1, 0.15) is 16.2 Å². The zero-order chi connectivity index (χ0) is 15.1. The Morgan fingerprint density at radius 1 is 1.30 bits per heavy atom. The molecule has 1 aromatic carbocycles. The van der Waals surface area contributed by atoms with Gasteiger partial charge in [-0.05, 0) is 23.7 Å². The minimum Gasteiger partial charge on any atom is -0.421 e. The molecule has 106 valence electrons. The number of aryl methyl sites for hydroxylation is 1. The third-order valence-electron chi connectivity index (χ3n) is 2.45. The van der Waals surface area contributed by atoms with Crippen LogP contribution in [0.2, 0.25) is 5.02 Å². The SMILES string of the molecule is Cc1nnc(-c2c(S(C)(=O)=O)ccc(C(=O)Cl)c2Cl)o1. The number of nitrogens with zero attached hydrogens (tertiary/aromatic N) is 2. The summed E-state index contributed by atoms with van der Waals surface area (Å²) in [7, 11) is -3.60. The molecule has 6 nitrogen and oxygen atoms in total. The van der Waals surface area contributed by atoms with Gasteiger partial charge in [-0.25, -0.2) is 8.42 Å². The van der Waals surface area contributed by atoms with Crippen molar-refractivity contribution in [3.8, 4) is 11.5 Å². The number of carbonyl (C=O) groups is 1. The Morgan fingerprint density at radius 3 is 2.40 bits per heavy atom. The van der Waals surface area contributed by atoms with Crippen molar-refractivity contribution in [3.63, 3.8) is 0 Å². The molecule has 0 aliphatic rings. The lowest BCUT2D eigenvalue weighted by Gasteiger charge is -2.09. The molecule has 0 amide bonds. The van der Waals surface area contributed by atoms with Gasteiger partial charge in [-0.1, -0.05) is 11.6 Å². The first-order valence-corrected chi connectivity index (χ1v) is 7.89. The van der Waals surface area contributed by atoms with E-state index < -0.39 is 15.1 Å². The lowest BCUT2D eigenvalue weighted by Crippen LogP contribution is -2.03. The first kappa shape index (κ1) is 15.0. The number of carbonyl (C=O) groups excluding carboxylic acids is 1. The summed E-state index contributed by atoms with van der Waals surface area (Å²) in [6, 6.07) is 2.46. The van der Waals surface area contributed by atoms with Gasteiger partial charge < -0.3 is 4.42 Å². The molecule has 9 heteroatoms. The van der Waals surface area contributed by atoms with E-state index in [0.29, 0.717) is 0 Å². The van der Waals surface area contributed by atoms with E-state index in [1.165, 1.54) is 12.1 Å². The fourth-order valence-electron chi connectivity index (χ4n) is 1.62. The summed E-state index contributed by atoms with van der Waals surface area (Å²) in [5.74, 6) is 0.144. The summed E-state index contributed by atoms with van der Waals surface area (Å²) >= 11 is 11.5. The molecule has 0 radical (unpaired) electrons. The Bertz CT molecular complexity index is 799. The first-order chi connectivity index (χ1) is 9.21. The molecule has 0 unspecified atom stereocenters. The lowest BCUT2D eigenvalue weighted by atomic mass is 10.1. The Kier molecular flexibility index (Phi) is 3.86. The van der Waals surface area contributed by atoms with E-state index in [1.807, 2.05) is 0 Å². The van der Waals surface area contributed by atoms with Crippen LogP contribution in [0.25, 0.3) is 11.5 Å². The van der Waals surface area contributed by atoms with Crippen molar-refractivity contribution < 1.29 is 17.6 Å². The quantitative estimate of drug-likeness (QED) is 0.801. The van der Waals surface area contributed by atoms with E-state index >= 15 is 0 Å². The Labute approximate surface area is 124 Å². The van der Waals surface area contributed by atoms with Crippen molar-refractivity contribution in [1.82, 2.24) is 10.2 Å². The molecule has 2 aromatic rings. The third-order valence-corrected chi connectivity index (χ3v) is 4.19. The van der Waals surface area contributed by atoms with Crippen molar-refractivity contribution >= 4 is 38.3 Å². The molecule has 1 heterocycles. The van der Waals surface area contributed by atoms with Gasteiger partial charge in [-0.3, -0.25) is 4.79 Å². The molecule has 2 rings (SSSR count). The van der Waals surface area contributed by atoms with Crippen LogP contribution >= 0.6 is 23.2 Å². The maximum atomic E-state index is 11.8.